The summed E-state index contributed by atoms with van der Waals surface area (Å²) in [6.07, 6.45) is 1.34. The van der Waals surface area contributed by atoms with Crippen molar-refractivity contribution >= 4 is 32.7 Å². The lowest BCUT2D eigenvalue weighted by Gasteiger charge is -2.11. The third kappa shape index (κ3) is 4.02. The number of nitrogens with zero attached hydrogens (tertiary/aromatic N) is 3. The molecule has 0 aliphatic heterocycles. The average molecular weight is 431 g/mol. The molecule has 3 rings (SSSR count). The number of fused-ring (bicyclic) bond motifs is 1. The minimum absolute atomic E-state index is 0.0459. The van der Waals surface area contributed by atoms with E-state index in [1.807, 2.05) is 0 Å². The molecule has 0 saturated carbocycles. The number of anilines is 1. The molecule has 0 fully saturated rings. The van der Waals surface area contributed by atoms with Gasteiger partial charge in [-0.2, -0.15) is 0 Å². The Kier molecular flexibility index (Phi) is 5.59. The minimum atomic E-state index is -3.66. The monoisotopic (exact) mass is 431 g/mol. The summed E-state index contributed by atoms with van der Waals surface area (Å²) in [5.74, 6) is -0.501. The fourth-order valence-corrected chi connectivity index (χ4v) is 4.15. The highest BCUT2D eigenvalue weighted by Gasteiger charge is 2.17. The Balaban J connectivity index is 1.88. The number of hydrogen-bond acceptors (Lipinski definition) is 6. The molecule has 0 spiro atoms. The van der Waals surface area contributed by atoms with Crippen molar-refractivity contribution in [1.29, 1.82) is 0 Å². The van der Waals surface area contributed by atoms with Gasteiger partial charge in [-0.1, -0.05) is 0 Å². The molecule has 0 aliphatic rings. The van der Waals surface area contributed by atoms with Gasteiger partial charge in [-0.3, -0.25) is 18.7 Å². The molecular weight excluding hydrogens is 410 g/mol. The summed E-state index contributed by atoms with van der Waals surface area (Å²) in [5.41, 5.74) is -0.329. The number of benzene rings is 1. The van der Waals surface area contributed by atoms with Crippen molar-refractivity contribution in [3.63, 3.8) is 0 Å². The van der Waals surface area contributed by atoms with E-state index in [-0.39, 0.29) is 33.2 Å². The standard InChI is InChI=1S/C19H21N5O5S/c1-11(2)22-30(28,29)14-7-5-12(6-8-14)17(25)21-13-9-15-16(20-10-13)23(3)19(27)24(4)18(15)26/h5-11,22H,1-4H3,(H,21,25). The van der Waals surface area contributed by atoms with Gasteiger partial charge in [0.05, 0.1) is 22.2 Å². The Morgan fingerprint density at radius 3 is 2.30 bits per heavy atom. The SMILES string of the molecule is CC(C)NS(=O)(=O)c1ccc(C(=O)Nc2cnc3c(c2)c(=O)n(C)c(=O)n3C)cc1. The first-order chi connectivity index (χ1) is 14.0. The second kappa shape index (κ2) is 7.84. The zero-order chi connectivity index (χ0) is 22.2. The third-order valence-corrected chi connectivity index (χ3v) is 6.04. The fraction of sp³-hybridized carbons (Fsp3) is 0.263. The van der Waals surface area contributed by atoms with Gasteiger partial charge >= 0.3 is 5.69 Å². The number of rotatable bonds is 5. The Morgan fingerprint density at radius 1 is 1.07 bits per heavy atom. The van der Waals surface area contributed by atoms with E-state index < -0.39 is 27.2 Å². The Labute approximate surface area is 172 Å². The zero-order valence-corrected chi connectivity index (χ0v) is 17.6. The molecule has 1 amide bonds. The number of aryl methyl sites for hydroxylation is 1. The molecule has 2 N–H and O–H groups in total. The smallest absolute Gasteiger partial charge is 0.321 e. The van der Waals surface area contributed by atoms with E-state index in [1.54, 1.807) is 13.8 Å². The quantitative estimate of drug-likeness (QED) is 0.607. The van der Waals surface area contributed by atoms with E-state index in [0.29, 0.717) is 0 Å². The van der Waals surface area contributed by atoms with Crippen LogP contribution in [0.1, 0.15) is 24.2 Å². The maximum Gasteiger partial charge on any atom is 0.332 e. The molecule has 0 aliphatic carbocycles. The molecule has 1 aromatic carbocycles. The van der Waals surface area contributed by atoms with Gasteiger partial charge in [0.25, 0.3) is 11.5 Å². The summed E-state index contributed by atoms with van der Waals surface area (Å²) in [6.45, 7) is 3.42. The Bertz CT molecular complexity index is 1360. The van der Waals surface area contributed by atoms with Gasteiger partial charge in [0.15, 0.2) is 0 Å². The highest BCUT2D eigenvalue weighted by atomic mass is 32.2. The summed E-state index contributed by atoms with van der Waals surface area (Å²) in [4.78, 5) is 41.0. The third-order valence-electron chi connectivity index (χ3n) is 4.37. The molecule has 2 heterocycles. The lowest BCUT2D eigenvalue weighted by molar-refractivity contribution is 0.102. The molecule has 0 bridgehead atoms. The summed E-state index contributed by atoms with van der Waals surface area (Å²) >= 11 is 0. The van der Waals surface area contributed by atoms with Crippen molar-refractivity contribution in [3.8, 4) is 0 Å². The maximum absolute atomic E-state index is 12.5. The van der Waals surface area contributed by atoms with E-state index in [0.717, 1.165) is 4.57 Å². The zero-order valence-electron chi connectivity index (χ0n) is 16.8. The predicted octanol–water partition coefficient (Wildman–Crippen LogP) is 0.571. The summed E-state index contributed by atoms with van der Waals surface area (Å²) in [5, 5.41) is 2.80. The molecule has 10 nitrogen and oxygen atoms in total. The highest BCUT2D eigenvalue weighted by Crippen LogP contribution is 2.15. The molecular formula is C19H21N5O5S. The van der Waals surface area contributed by atoms with E-state index in [4.69, 9.17) is 0 Å². The molecule has 158 valence electrons. The van der Waals surface area contributed by atoms with Crippen LogP contribution in [-0.4, -0.2) is 34.5 Å². The van der Waals surface area contributed by atoms with Crippen molar-refractivity contribution in [2.75, 3.05) is 5.32 Å². The van der Waals surface area contributed by atoms with Crippen molar-refractivity contribution in [2.24, 2.45) is 14.1 Å². The van der Waals surface area contributed by atoms with Crippen LogP contribution in [0.5, 0.6) is 0 Å². The van der Waals surface area contributed by atoms with Crippen molar-refractivity contribution in [3.05, 3.63) is 62.9 Å². The summed E-state index contributed by atoms with van der Waals surface area (Å²) in [6, 6.07) is 6.63. The Hall–Kier alpha value is -3.31. The van der Waals surface area contributed by atoms with Crippen LogP contribution in [0.25, 0.3) is 11.0 Å². The minimum Gasteiger partial charge on any atom is -0.321 e. The van der Waals surface area contributed by atoms with E-state index in [9.17, 15) is 22.8 Å². The average Bonchev–Trinajstić information content (AvgIpc) is 2.69. The van der Waals surface area contributed by atoms with Gasteiger partial charge in [-0.15, -0.1) is 0 Å². The lowest BCUT2D eigenvalue weighted by Crippen LogP contribution is -2.37. The molecule has 0 unspecified atom stereocenters. The normalized spacial score (nSPS) is 11.8. The highest BCUT2D eigenvalue weighted by molar-refractivity contribution is 7.89. The fourth-order valence-electron chi connectivity index (χ4n) is 2.90. The van der Waals surface area contributed by atoms with Gasteiger partial charge in [-0.25, -0.2) is 22.9 Å². The van der Waals surface area contributed by atoms with Crippen molar-refractivity contribution in [2.45, 2.75) is 24.8 Å². The van der Waals surface area contributed by atoms with Crippen LogP contribution in [0.15, 0.2) is 51.0 Å². The molecule has 0 atom stereocenters. The van der Waals surface area contributed by atoms with Gasteiger partial charge < -0.3 is 5.32 Å². The second-order valence-electron chi connectivity index (χ2n) is 7.06. The summed E-state index contributed by atoms with van der Waals surface area (Å²) in [7, 11) is -0.799. The van der Waals surface area contributed by atoms with Crippen LogP contribution in [0.3, 0.4) is 0 Å². The van der Waals surface area contributed by atoms with Crippen molar-refractivity contribution < 1.29 is 13.2 Å². The predicted molar refractivity (Wildman–Crippen MR) is 112 cm³/mol. The number of hydrogen-bond donors (Lipinski definition) is 2. The topological polar surface area (TPSA) is 132 Å². The number of amides is 1. The van der Waals surface area contributed by atoms with Crippen LogP contribution in [0, 0.1) is 0 Å². The Morgan fingerprint density at radius 2 is 1.70 bits per heavy atom. The second-order valence-corrected chi connectivity index (χ2v) is 8.77. The number of carbonyl (C=O) groups excluding carboxylic acids is 1. The van der Waals surface area contributed by atoms with E-state index >= 15 is 0 Å². The first-order valence-electron chi connectivity index (χ1n) is 9.01. The maximum atomic E-state index is 12.5. The first kappa shape index (κ1) is 21.4. The van der Waals surface area contributed by atoms with Gasteiger partial charge in [-0.05, 0) is 44.2 Å². The number of pyridine rings is 1. The lowest BCUT2D eigenvalue weighted by atomic mass is 10.2. The molecule has 3 aromatic rings. The molecule has 11 heteroatoms. The van der Waals surface area contributed by atoms with Gasteiger partial charge in [0.1, 0.15) is 5.65 Å². The van der Waals surface area contributed by atoms with Gasteiger partial charge in [0, 0.05) is 25.7 Å². The van der Waals surface area contributed by atoms with Crippen LogP contribution in [-0.2, 0) is 24.1 Å². The van der Waals surface area contributed by atoms with Crippen LogP contribution < -0.4 is 21.3 Å². The first-order valence-corrected chi connectivity index (χ1v) is 10.5. The number of nitrogens with one attached hydrogen (secondary N) is 2. The number of sulfonamides is 1. The number of carbonyl (C=O) groups is 1. The van der Waals surface area contributed by atoms with E-state index in [2.05, 4.69) is 15.0 Å². The summed E-state index contributed by atoms with van der Waals surface area (Å²) < 4.78 is 29.0. The van der Waals surface area contributed by atoms with Gasteiger partial charge in [0.2, 0.25) is 10.0 Å². The molecule has 0 saturated heterocycles. The largest absolute Gasteiger partial charge is 0.332 e. The molecule has 30 heavy (non-hydrogen) atoms. The van der Waals surface area contributed by atoms with Crippen LogP contribution in [0.2, 0.25) is 0 Å². The number of aromatic nitrogens is 3. The van der Waals surface area contributed by atoms with Crippen LogP contribution >= 0.6 is 0 Å². The molecule has 2 aromatic heterocycles. The van der Waals surface area contributed by atoms with Crippen molar-refractivity contribution in [1.82, 2.24) is 18.8 Å². The van der Waals surface area contributed by atoms with Crippen LogP contribution in [0.4, 0.5) is 5.69 Å². The van der Waals surface area contributed by atoms with E-state index in [1.165, 1.54) is 55.2 Å². The molecule has 0 radical (unpaired) electrons.